The summed E-state index contributed by atoms with van der Waals surface area (Å²) in [5.74, 6) is 0.898. The van der Waals surface area contributed by atoms with Crippen LogP contribution < -0.4 is 4.90 Å². The minimum atomic E-state index is 0.368. The first kappa shape index (κ1) is 12.5. The van der Waals surface area contributed by atoms with Crippen LogP contribution in [0.4, 0.5) is 5.82 Å². The summed E-state index contributed by atoms with van der Waals surface area (Å²) < 4.78 is 0.908. The highest BCUT2D eigenvalue weighted by Crippen LogP contribution is 2.27. The Balaban J connectivity index is 3.05. The number of nitrogens with zero attached hydrogens (tertiary/aromatic N) is 2. The number of hydrogen-bond acceptors (Lipinski definition) is 2. The van der Waals surface area contributed by atoms with Crippen LogP contribution in [0.3, 0.4) is 0 Å². The zero-order valence-corrected chi connectivity index (χ0v) is 11.2. The summed E-state index contributed by atoms with van der Waals surface area (Å²) in [4.78, 5) is 6.46. The van der Waals surface area contributed by atoms with Gasteiger partial charge in [0.2, 0.25) is 0 Å². The van der Waals surface area contributed by atoms with Gasteiger partial charge in [-0.15, -0.1) is 6.58 Å². The van der Waals surface area contributed by atoms with Gasteiger partial charge in [0.05, 0.1) is 9.50 Å². The molecule has 0 aliphatic carbocycles. The van der Waals surface area contributed by atoms with Crippen LogP contribution in [0.5, 0.6) is 0 Å². The molecule has 2 nitrogen and oxygen atoms in total. The van der Waals surface area contributed by atoms with Crippen molar-refractivity contribution in [3.63, 3.8) is 0 Å². The van der Waals surface area contributed by atoms with Crippen LogP contribution in [0.2, 0.25) is 5.02 Å². The van der Waals surface area contributed by atoms with Crippen LogP contribution in [0.15, 0.2) is 29.4 Å². The number of hydrogen-bond donors (Lipinski definition) is 0. The maximum Gasteiger partial charge on any atom is 0.143 e. The summed E-state index contributed by atoms with van der Waals surface area (Å²) in [5.41, 5.74) is 0. The van der Waals surface area contributed by atoms with E-state index < -0.39 is 0 Å². The predicted octanol–water partition coefficient (Wildman–Crippen LogP) is 3.90. The van der Waals surface area contributed by atoms with Crippen LogP contribution >= 0.6 is 27.5 Å². The van der Waals surface area contributed by atoms with Gasteiger partial charge in [-0.05, 0) is 35.8 Å². The fourth-order valence-corrected chi connectivity index (χ4v) is 2.17. The quantitative estimate of drug-likeness (QED) is 0.782. The Morgan fingerprint density at radius 2 is 2.33 bits per heavy atom. The predicted molar refractivity (Wildman–Crippen MR) is 69.6 cm³/mol. The second-order valence-electron chi connectivity index (χ2n) is 3.49. The molecule has 0 atom stereocenters. The van der Waals surface area contributed by atoms with Crippen molar-refractivity contribution < 1.29 is 0 Å². The molecule has 0 fully saturated rings. The number of pyridine rings is 1. The molecule has 0 aliphatic heterocycles. The summed E-state index contributed by atoms with van der Waals surface area (Å²) in [6.45, 7) is 8.75. The smallest absolute Gasteiger partial charge is 0.143 e. The lowest BCUT2D eigenvalue weighted by atomic mass is 10.3. The normalized spacial score (nSPS) is 10.5. The third-order valence-electron chi connectivity index (χ3n) is 2.01. The van der Waals surface area contributed by atoms with Crippen LogP contribution in [-0.2, 0) is 0 Å². The third-order valence-corrected chi connectivity index (χ3v) is 2.80. The van der Waals surface area contributed by atoms with Gasteiger partial charge >= 0.3 is 0 Å². The number of halogens is 2. The van der Waals surface area contributed by atoms with Crippen molar-refractivity contribution in [2.24, 2.45) is 0 Å². The van der Waals surface area contributed by atoms with E-state index in [2.05, 4.69) is 46.2 Å². The van der Waals surface area contributed by atoms with Gasteiger partial charge in [-0.2, -0.15) is 0 Å². The van der Waals surface area contributed by atoms with Crippen molar-refractivity contribution in [3.8, 4) is 0 Å². The summed E-state index contributed by atoms with van der Waals surface area (Å²) in [6, 6.07) is 2.22. The Hall–Kier alpha value is -0.540. The van der Waals surface area contributed by atoms with Crippen LogP contribution in [0.25, 0.3) is 0 Å². The van der Waals surface area contributed by atoms with Crippen molar-refractivity contribution in [1.29, 1.82) is 0 Å². The molecule has 0 amide bonds. The largest absolute Gasteiger partial charge is 0.350 e. The van der Waals surface area contributed by atoms with Gasteiger partial charge in [-0.25, -0.2) is 4.98 Å². The van der Waals surface area contributed by atoms with E-state index in [4.69, 9.17) is 11.6 Å². The molecule has 0 aromatic carbocycles. The van der Waals surface area contributed by atoms with E-state index in [1.165, 1.54) is 0 Å². The highest BCUT2D eigenvalue weighted by atomic mass is 79.9. The van der Waals surface area contributed by atoms with Crippen LogP contribution in [0.1, 0.15) is 13.8 Å². The molecule has 1 rings (SSSR count). The van der Waals surface area contributed by atoms with Crippen molar-refractivity contribution in [3.05, 3.63) is 34.4 Å². The molecule has 15 heavy (non-hydrogen) atoms. The SMILES string of the molecule is C=CCN(c1ncc(Cl)cc1Br)C(C)C. The number of rotatable bonds is 4. The third kappa shape index (κ3) is 3.21. The minimum Gasteiger partial charge on any atom is -0.350 e. The monoisotopic (exact) mass is 288 g/mol. The molecule has 0 unspecified atom stereocenters. The maximum absolute atomic E-state index is 5.85. The summed E-state index contributed by atoms with van der Waals surface area (Å²) >= 11 is 9.31. The molecule has 1 aromatic heterocycles. The zero-order valence-electron chi connectivity index (χ0n) is 8.87. The lowest BCUT2D eigenvalue weighted by molar-refractivity contribution is 0.711. The summed E-state index contributed by atoms with van der Waals surface area (Å²) in [7, 11) is 0. The Bertz CT molecular complexity index is 352. The van der Waals surface area contributed by atoms with Gasteiger partial charge in [0.1, 0.15) is 5.82 Å². The van der Waals surface area contributed by atoms with Gasteiger partial charge < -0.3 is 4.90 Å². The van der Waals surface area contributed by atoms with E-state index in [1.807, 2.05) is 12.1 Å². The molecular weight excluding hydrogens is 275 g/mol. The number of aromatic nitrogens is 1. The van der Waals surface area contributed by atoms with E-state index in [0.29, 0.717) is 11.1 Å². The van der Waals surface area contributed by atoms with E-state index >= 15 is 0 Å². The molecule has 0 aliphatic rings. The fraction of sp³-hybridized carbons (Fsp3) is 0.364. The Morgan fingerprint density at radius 1 is 1.67 bits per heavy atom. The average Bonchev–Trinajstić information content (AvgIpc) is 2.15. The molecule has 0 bridgehead atoms. The first-order chi connectivity index (χ1) is 7.06. The van der Waals surface area contributed by atoms with Gasteiger partial charge in [-0.3, -0.25) is 0 Å². The molecule has 0 saturated heterocycles. The van der Waals surface area contributed by atoms with Crippen molar-refractivity contribution in [2.45, 2.75) is 19.9 Å². The lowest BCUT2D eigenvalue weighted by Crippen LogP contribution is -2.31. The first-order valence-electron chi connectivity index (χ1n) is 4.75. The molecule has 4 heteroatoms. The molecule has 1 aromatic rings. The second-order valence-corrected chi connectivity index (χ2v) is 4.78. The fourth-order valence-electron chi connectivity index (χ4n) is 1.30. The van der Waals surface area contributed by atoms with Gasteiger partial charge in [-0.1, -0.05) is 17.7 Å². The summed E-state index contributed by atoms with van der Waals surface area (Å²) in [6.07, 6.45) is 3.52. The van der Waals surface area contributed by atoms with Gasteiger partial charge in [0, 0.05) is 18.8 Å². The molecule has 82 valence electrons. The molecular formula is C11H14BrClN2. The molecule has 0 spiro atoms. The Kier molecular flexibility index (Phi) is 4.61. The van der Waals surface area contributed by atoms with Gasteiger partial charge in [0.25, 0.3) is 0 Å². The van der Waals surface area contributed by atoms with E-state index in [-0.39, 0.29) is 0 Å². The highest BCUT2D eigenvalue weighted by molar-refractivity contribution is 9.10. The Labute approximate surface area is 104 Å². The first-order valence-corrected chi connectivity index (χ1v) is 5.92. The molecule has 0 N–H and O–H groups in total. The second kappa shape index (κ2) is 5.52. The minimum absolute atomic E-state index is 0.368. The highest BCUT2D eigenvalue weighted by Gasteiger charge is 2.13. The summed E-state index contributed by atoms with van der Waals surface area (Å²) in [5, 5.41) is 0.632. The van der Waals surface area contributed by atoms with Crippen LogP contribution in [-0.4, -0.2) is 17.6 Å². The maximum atomic E-state index is 5.85. The van der Waals surface area contributed by atoms with Gasteiger partial charge in [0.15, 0.2) is 0 Å². The molecule has 0 saturated carbocycles. The van der Waals surface area contributed by atoms with Crippen molar-refractivity contribution in [2.75, 3.05) is 11.4 Å². The molecule has 0 radical (unpaired) electrons. The van der Waals surface area contributed by atoms with E-state index in [9.17, 15) is 0 Å². The standard InChI is InChI=1S/C11H14BrClN2/c1-4-5-15(8(2)3)11-10(12)6-9(13)7-14-11/h4,6-8H,1,5H2,2-3H3. The topological polar surface area (TPSA) is 16.1 Å². The van der Waals surface area contributed by atoms with Crippen LogP contribution in [0, 0.1) is 0 Å². The lowest BCUT2D eigenvalue weighted by Gasteiger charge is -2.27. The van der Waals surface area contributed by atoms with E-state index in [0.717, 1.165) is 16.8 Å². The average molecular weight is 290 g/mol. The van der Waals surface area contributed by atoms with Crippen molar-refractivity contribution >= 4 is 33.3 Å². The number of anilines is 1. The zero-order chi connectivity index (χ0) is 11.4. The van der Waals surface area contributed by atoms with Crippen molar-refractivity contribution in [1.82, 2.24) is 4.98 Å². The Morgan fingerprint density at radius 3 is 2.80 bits per heavy atom. The van der Waals surface area contributed by atoms with E-state index in [1.54, 1.807) is 6.20 Å². The molecule has 1 heterocycles.